The van der Waals surface area contributed by atoms with E-state index >= 15 is 0 Å². The van der Waals surface area contributed by atoms with Gasteiger partial charge in [-0.15, -0.1) is 0 Å². The first kappa shape index (κ1) is 21.9. The van der Waals surface area contributed by atoms with Gasteiger partial charge in [-0.2, -0.15) is 0 Å². The lowest BCUT2D eigenvalue weighted by Gasteiger charge is -2.20. The summed E-state index contributed by atoms with van der Waals surface area (Å²) in [4.78, 5) is 0. The largest absolute Gasteiger partial charge is 0.381 e. The number of hydrogen-bond acceptors (Lipinski definition) is 4. The van der Waals surface area contributed by atoms with Crippen molar-refractivity contribution < 1.29 is 18.9 Å². The van der Waals surface area contributed by atoms with Crippen molar-refractivity contribution in [1.29, 1.82) is 0 Å². The molecule has 2 rings (SSSR count). The van der Waals surface area contributed by atoms with Crippen LogP contribution < -0.4 is 0 Å². The molecule has 24 heavy (non-hydrogen) atoms. The van der Waals surface area contributed by atoms with E-state index in [0.717, 1.165) is 51.8 Å². The summed E-state index contributed by atoms with van der Waals surface area (Å²) in [7, 11) is 0. The molecule has 0 spiro atoms. The lowest BCUT2D eigenvalue weighted by atomic mass is 10.1. The smallest absolute Gasteiger partial charge is 0.0598 e. The Morgan fingerprint density at radius 3 is 1.92 bits per heavy atom. The predicted octanol–water partition coefficient (Wildman–Crippen LogP) is 4.60. The number of rotatable bonds is 6. The molecule has 2 fully saturated rings. The van der Waals surface area contributed by atoms with E-state index in [0.29, 0.717) is 6.10 Å². The van der Waals surface area contributed by atoms with Gasteiger partial charge in [-0.1, -0.05) is 0 Å². The fourth-order valence-corrected chi connectivity index (χ4v) is 2.71. The topological polar surface area (TPSA) is 36.9 Å². The molecule has 2 atom stereocenters. The Bertz CT molecular complexity index is 273. The van der Waals surface area contributed by atoms with Crippen LogP contribution in [0.15, 0.2) is 0 Å². The molecule has 0 aromatic carbocycles. The van der Waals surface area contributed by atoms with E-state index in [4.69, 9.17) is 18.9 Å². The van der Waals surface area contributed by atoms with E-state index < -0.39 is 0 Å². The molecule has 0 radical (unpaired) electrons. The molecule has 0 amide bonds. The van der Waals surface area contributed by atoms with E-state index in [2.05, 4.69) is 41.5 Å². The van der Waals surface area contributed by atoms with Crippen molar-refractivity contribution in [2.75, 3.05) is 33.0 Å². The molecule has 2 heterocycles. The fourth-order valence-electron chi connectivity index (χ4n) is 2.71. The van der Waals surface area contributed by atoms with Crippen LogP contribution in [0.1, 0.15) is 73.6 Å². The Morgan fingerprint density at radius 2 is 1.46 bits per heavy atom. The quantitative estimate of drug-likeness (QED) is 0.706. The van der Waals surface area contributed by atoms with Gasteiger partial charge in [0.05, 0.1) is 17.3 Å². The second kappa shape index (κ2) is 10.7. The maximum absolute atomic E-state index is 5.64. The molecule has 2 unspecified atom stereocenters. The molecular weight excluding hydrogens is 304 g/mol. The van der Waals surface area contributed by atoms with Gasteiger partial charge in [-0.25, -0.2) is 0 Å². The Labute approximate surface area is 149 Å². The Balaban J connectivity index is 0.000000240. The first-order valence-electron chi connectivity index (χ1n) is 9.63. The minimum atomic E-state index is -0.00138. The number of hydrogen-bond donors (Lipinski definition) is 0. The summed E-state index contributed by atoms with van der Waals surface area (Å²) in [6.07, 6.45) is 6.32. The van der Waals surface area contributed by atoms with Crippen LogP contribution in [-0.2, 0) is 18.9 Å². The molecule has 2 aliphatic heterocycles. The first-order valence-corrected chi connectivity index (χ1v) is 9.63. The molecule has 0 aromatic rings. The normalized spacial score (nSPS) is 24.8. The third-order valence-electron chi connectivity index (χ3n) is 4.08. The van der Waals surface area contributed by atoms with Crippen molar-refractivity contribution in [3.8, 4) is 0 Å². The highest BCUT2D eigenvalue weighted by Gasteiger charge is 2.18. The molecule has 0 bridgehead atoms. The third-order valence-corrected chi connectivity index (χ3v) is 4.08. The molecule has 4 nitrogen and oxygen atoms in total. The highest BCUT2D eigenvalue weighted by molar-refractivity contribution is 4.66. The SMILES string of the molecule is CC(C)(C)OCCC1CCCO1.CC(C)(C)OCCC1CCOC1. The second-order valence-electron chi connectivity index (χ2n) is 8.86. The number of ether oxygens (including phenoxy) is 4. The van der Waals surface area contributed by atoms with Crippen LogP contribution >= 0.6 is 0 Å². The van der Waals surface area contributed by atoms with Crippen molar-refractivity contribution in [3.63, 3.8) is 0 Å². The molecule has 0 saturated carbocycles. The van der Waals surface area contributed by atoms with Gasteiger partial charge >= 0.3 is 0 Å². The van der Waals surface area contributed by atoms with Gasteiger partial charge in [-0.05, 0) is 79.6 Å². The van der Waals surface area contributed by atoms with Gasteiger partial charge in [0.25, 0.3) is 0 Å². The molecule has 0 aliphatic carbocycles. The standard InChI is InChI=1S/2C10H20O2/c1-10(2,3)12-7-5-9-4-6-11-8-9;1-10(2,3)12-8-6-9-5-4-7-11-9/h2*9H,4-8H2,1-3H3. The maximum atomic E-state index is 5.64. The summed E-state index contributed by atoms with van der Waals surface area (Å²) in [5.74, 6) is 0.743. The molecule has 4 heteroatoms. The summed E-state index contributed by atoms with van der Waals surface area (Å²) in [5.41, 5.74) is 0.0120. The maximum Gasteiger partial charge on any atom is 0.0598 e. The zero-order valence-corrected chi connectivity index (χ0v) is 16.9. The van der Waals surface area contributed by atoms with Crippen molar-refractivity contribution in [1.82, 2.24) is 0 Å². The van der Waals surface area contributed by atoms with Crippen LogP contribution in [0.3, 0.4) is 0 Å². The van der Waals surface area contributed by atoms with Gasteiger partial charge in [0, 0.05) is 33.0 Å². The molecule has 0 aromatic heterocycles. The lowest BCUT2D eigenvalue weighted by Crippen LogP contribution is -2.21. The van der Waals surface area contributed by atoms with Gasteiger partial charge in [0.15, 0.2) is 0 Å². The van der Waals surface area contributed by atoms with E-state index in [1.807, 2.05) is 0 Å². The zero-order chi connectivity index (χ0) is 18.1. The van der Waals surface area contributed by atoms with E-state index in [1.165, 1.54) is 19.3 Å². The van der Waals surface area contributed by atoms with Crippen LogP contribution in [0.25, 0.3) is 0 Å². The van der Waals surface area contributed by atoms with E-state index in [9.17, 15) is 0 Å². The van der Waals surface area contributed by atoms with E-state index in [1.54, 1.807) is 0 Å². The Kier molecular flexibility index (Phi) is 9.80. The Hall–Kier alpha value is -0.160. The molecule has 144 valence electrons. The highest BCUT2D eigenvalue weighted by Crippen LogP contribution is 2.18. The summed E-state index contributed by atoms with van der Waals surface area (Å²) >= 11 is 0. The summed E-state index contributed by atoms with van der Waals surface area (Å²) in [5, 5.41) is 0. The van der Waals surface area contributed by atoms with Crippen molar-refractivity contribution in [2.45, 2.75) is 91.0 Å². The predicted molar refractivity (Wildman–Crippen MR) is 98.5 cm³/mol. The average molecular weight is 345 g/mol. The van der Waals surface area contributed by atoms with Crippen LogP contribution in [0.4, 0.5) is 0 Å². The van der Waals surface area contributed by atoms with Crippen molar-refractivity contribution in [3.05, 3.63) is 0 Å². The van der Waals surface area contributed by atoms with Crippen LogP contribution in [-0.4, -0.2) is 50.3 Å². The van der Waals surface area contributed by atoms with Gasteiger partial charge in [0.1, 0.15) is 0 Å². The van der Waals surface area contributed by atoms with Gasteiger partial charge in [-0.3, -0.25) is 0 Å². The van der Waals surface area contributed by atoms with Crippen molar-refractivity contribution >= 4 is 0 Å². The lowest BCUT2D eigenvalue weighted by molar-refractivity contribution is -0.0219. The monoisotopic (exact) mass is 344 g/mol. The minimum absolute atomic E-state index is 0.00138. The average Bonchev–Trinajstić information content (AvgIpc) is 3.09. The molecule has 2 aliphatic rings. The third kappa shape index (κ3) is 12.2. The highest BCUT2D eigenvalue weighted by atomic mass is 16.5. The summed E-state index contributed by atoms with van der Waals surface area (Å²) in [6.45, 7) is 17.1. The fraction of sp³-hybridized carbons (Fsp3) is 1.00. The first-order chi connectivity index (χ1) is 11.2. The van der Waals surface area contributed by atoms with Crippen LogP contribution in [0.2, 0.25) is 0 Å². The second-order valence-corrected chi connectivity index (χ2v) is 8.86. The Morgan fingerprint density at radius 1 is 0.833 bits per heavy atom. The minimum Gasteiger partial charge on any atom is -0.381 e. The zero-order valence-electron chi connectivity index (χ0n) is 16.9. The molecule has 0 N–H and O–H groups in total. The van der Waals surface area contributed by atoms with Crippen molar-refractivity contribution in [2.24, 2.45) is 5.92 Å². The van der Waals surface area contributed by atoms with Gasteiger partial charge < -0.3 is 18.9 Å². The molecular formula is C20H40O4. The van der Waals surface area contributed by atoms with E-state index in [-0.39, 0.29) is 11.2 Å². The summed E-state index contributed by atoms with van der Waals surface area (Å²) < 4.78 is 22.0. The van der Waals surface area contributed by atoms with Crippen LogP contribution in [0.5, 0.6) is 0 Å². The van der Waals surface area contributed by atoms with Crippen LogP contribution in [0, 0.1) is 5.92 Å². The summed E-state index contributed by atoms with van der Waals surface area (Å²) in [6, 6.07) is 0. The molecule has 2 saturated heterocycles. The van der Waals surface area contributed by atoms with Gasteiger partial charge in [0.2, 0.25) is 0 Å².